The van der Waals surface area contributed by atoms with Gasteiger partial charge in [0, 0.05) is 43.8 Å². The first-order chi connectivity index (χ1) is 25.9. The number of rotatable bonds is 4. The molecule has 44 heavy (non-hydrogen) atoms. The van der Waals surface area contributed by atoms with Crippen LogP contribution in [0.1, 0.15) is 13.7 Å². The summed E-state index contributed by atoms with van der Waals surface area (Å²) >= 11 is 0. The Labute approximate surface area is 266 Å². The van der Waals surface area contributed by atoms with Crippen molar-refractivity contribution in [3.05, 3.63) is 139 Å². The highest BCUT2D eigenvalue weighted by Crippen LogP contribution is 2.42. The van der Waals surface area contributed by atoms with Gasteiger partial charge in [0.1, 0.15) is 22.3 Å². The van der Waals surface area contributed by atoms with Gasteiger partial charge in [-0.25, -0.2) is 15.0 Å². The van der Waals surface area contributed by atoms with Gasteiger partial charge in [0.25, 0.3) is 0 Å². The number of furan rings is 2. The molecule has 9 rings (SSSR count). The Kier molecular flexibility index (Phi) is 3.66. The molecule has 0 saturated carbocycles. The van der Waals surface area contributed by atoms with Crippen LogP contribution < -0.4 is 0 Å². The van der Waals surface area contributed by atoms with Gasteiger partial charge in [-0.15, -0.1) is 0 Å². The zero-order valence-corrected chi connectivity index (χ0v) is 22.7. The van der Waals surface area contributed by atoms with Gasteiger partial charge in [-0.1, -0.05) is 109 Å². The van der Waals surface area contributed by atoms with E-state index in [4.69, 9.17) is 22.5 Å². The van der Waals surface area contributed by atoms with Crippen LogP contribution in [0.25, 0.3) is 89.2 Å². The van der Waals surface area contributed by atoms with Crippen LogP contribution in [0, 0.1) is 0 Å². The van der Waals surface area contributed by atoms with E-state index in [0.717, 1.165) is 32.9 Å². The number of nitrogens with zero attached hydrogens (tertiary/aromatic N) is 3. The molecule has 0 atom stereocenters. The molecule has 0 bridgehead atoms. The van der Waals surface area contributed by atoms with Crippen LogP contribution in [-0.2, 0) is 0 Å². The number of benzene rings is 6. The van der Waals surface area contributed by atoms with E-state index in [9.17, 15) is 0 Å². The smallest absolute Gasteiger partial charge is 0.164 e. The Morgan fingerprint density at radius 2 is 1.05 bits per heavy atom. The van der Waals surface area contributed by atoms with E-state index in [0.29, 0.717) is 27.7 Å². The maximum atomic E-state index is 8.63. The fraction of sp³-hybridized carbons (Fsp3) is 0. The monoisotopic (exact) mass is 575 g/mol. The summed E-state index contributed by atoms with van der Waals surface area (Å²) in [5.41, 5.74) is 4.01. The Balaban J connectivity index is 1.32. The highest BCUT2D eigenvalue weighted by atomic mass is 16.3. The Morgan fingerprint density at radius 1 is 0.455 bits per heavy atom. The van der Waals surface area contributed by atoms with Crippen molar-refractivity contribution < 1.29 is 22.5 Å². The zero-order valence-electron chi connectivity index (χ0n) is 32.7. The molecule has 0 fully saturated rings. The predicted molar refractivity (Wildman–Crippen MR) is 176 cm³/mol. The van der Waals surface area contributed by atoms with Crippen LogP contribution in [0.2, 0.25) is 0 Å². The standard InChI is InChI=1S/C39H23N3O2/c1-3-11-24(12-4-1)37-40-38(25-13-5-2-6-14-25)42-39(41-37)26-21-22-33-31(23-26)35-28(16-10-20-34(35)43-33)30-18-9-17-29-27-15-7-8-19-32(27)44-36(29)30/h1-23H/i1D,2D,3D,4D,5D,6D,11D,12D,13D,14D. The van der Waals surface area contributed by atoms with Crippen molar-refractivity contribution in [2.24, 2.45) is 0 Å². The van der Waals surface area contributed by atoms with Crippen molar-refractivity contribution in [1.29, 1.82) is 0 Å². The molecule has 9 aromatic rings. The summed E-state index contributed by atoms with van der Waals surface area (Å²) in [5, 5.41) is 3.40. The molecule has 0 aliphatic heterocycles. The van der Waals surface area contributed by atoms with Gasteiger partial charge >= 0.3 is 0 Å². The molecule has 5 nitrogen and oxygen atoms in total. The Bertz CT molecular complexity index is 2940. The van der Waals surface area contributed by atoms with Gasteiger partial charge in [0.15, 0.2) is 17.5 Å². The van der Waals surface area contributed by atoms with E-state index in [-0.39, 0.29) is 28.6 Å². The first-order valence-electron chi connectivity index (χ1n) is 18.7. The van der Waals surface area contributed by atoms with Crippen molar-refractivity contribution in [3.63, 3.8) is 0 Å². The van der Waals surface area contributed by atoms with E-state index in [2.05, 4.69) is 15.0 Å². The van der Waals surface area contributed by atoms with Crippen LogP contribution in [-0.4, -0.2) is 15.0 Å². The van der Waals surface area contributed by atoms with Crippen LogP contribution >= 0.6 is 0 Å². The van der Waals surface area contributed by atoms with Crippen LogP contribution in [0.5, 0.6) is 0 Å². The van der Waals surface area contributed by atoms with Gasteiger partial charge in [0.05, 0.1) is 13.7 Å². The highest BCUT2D eigenvalue weighted by molar-refractivity contribution is 6.17. The number of aromatic nitrogens is 3. The van der Waals surface area contributed by atoms with E-state index in [1.807, 2.05) is 60.7 Å². The van der Waals surface area contributed by atoms with Gasteiger partial charge in [-0.05, 0) is 35.9 Å². The fourth-order valence-electron chi connectivity index (χ4n) is 5.60. The summed E-state index contributed by atoms with van der Waals surface area (Å²) < 4.78 is 96.4. The van der Waals surface area contributed by atoms with Crippen molar-refractivity contribution in [3.8, 4) is 45.3 Å². The third-order valence-electron chi connectivity index (χ3n) is 7.53. The molecule has 206 valence electrons. The van der Waals surface area contributed by atoms with Crippen LogP contribution in [0.3, 0.4) is 0 Å². The van der Waals surface area contributed by atoms with Crippen molar-refractivity contribution in [1.82, 2.24) is 15.0 Å². The molecule has 3 heterocycles. The fourth-order valence-corrected chi connectivity index (χ4v) is 5.60. The highest BCUT2D eigenvalue weighted by Gasteiger charge is 2.19. The second-order valence-electron chi connectivity index (χ2n) is 10.1. The lowest BCUT2D eigenvalue weighted by molar-refractivity contribution is 0.668. The van der Waals surface area contributed by atoms with Crippen molar-refractivity contribution in [2.75, 3.05) is 0 Å². The molecule has 0 saturated heterocycles. The minimum absolute atomic E-state index is 0.0401. The maximum Gasteiger partial charge on any atom is 0.164 e. The molecule has 0 unspecified atom stereocenters. The van der Waals surface area contributed by atoms with Crippen LogP contribution in [0.15, 0.2) is 148 Å². The summed E-state index contributed by atoms with van der Waals surface area (Å²) in [6, 6.07) is 18.7. The van der Waals surface area contributed by atoms with Gasteiger partial charge in [-0.2, -0.15) is 0 Å². The normalized spacial score (nSPS) is 14.8. The second kappa shape index (κ2) is 9.75. The van der Waals surface area contributed by atoms with Crippen molar-refractivity contribution in [2.45, 2.75) is 0 Å². The average molecular weight is 576 g/mol. The zero-order chi connectivity index (χ0) is 37.7. The molecule has 0 aliphatic rings. The van der Waals surface area contributed by atoms with Gasteiger partial charge in [0.2, 0.25) is 0 Å². The number of hydrogen-bond acceptors (Lipinski definition) is 5. The molecule has 0 amide bonds. The average Bonchev–Trinajstić information content (AvgIpc) is 3.76. The second-order valence-corrected chi connectivity index (χ2v) is 10.1. The largest absolute Gasteiger partial charge is 0.456 e. The third kappa shape index (κ3) is 3.91. The SMILES string of the molecule is [2H]c1c([2H])c([2H])c(-c2nc(-c3ccc4oc5cccc(-c6cccc7c6oc6ccccc67)c5c4c3)nc(-c3c([2H])c([2H])c([2H])c([2H])c3[2H])n2)c([2H])c1[2H]. The summed E-state index contributed by atoms with van der Waals surface area (Å²) in [5.74, 6) is -0.719. The summed E-state index contributed by atoms with van der Waals surface area (Å²) in [7, 11) is 0. The number of hydrogen-bond donors (Lipinski definition) is 0. The molecule has 3 aromatic heterocycles. The van der Waals surface area contributed by atoms with Gasteiger partial charge < -0.3 is 8.83 Å². The lowest BCUT2D eigenvalue weighted by atomic mass is 9.97. The predicted octanol–water partition coefficient (Wildman–Crippen LogP) is 10.3. The number of para-hydroxylation sites is 2. The van der Waals surface area contributed by atoms with E-state index in [1.165, 1.54) is 0 Å². The van der Waals surface area contributed by atoms with Crippen molar-refractivity contribution >= 4 is 43.9 Å². The summed E-state index contributed by atoms with van der Waals surface area (Å²) in [4.78, 5) is 13.5. The summed E-state index contributed by atoms with van der Waals surface area (Å²) in [6.07, 6.45) is 0. The number of fused-ring (bicyclic) bond motifs is 6. The lowest BCUT2D eigenvalue weighted by Crippen LogP contribution is -2.00. The Hall–Kier alpha value is -6.07. The minimum Gasteiger partial charge on any atom is -0.456 e. The molecule has 0 aliphatic carbocycles. The maximum absolute atomic E-state index is 8.63. The topological polar surface area (TPSA) is 65.0 Å². The quantitative estimate of drug-likeness (QED) is 0.209. The molecule has 5 heteroatoms. The van der Waals surface area contributed by atoms with Crippen LogP contribution in [0.4, 0.5) is 0 Å². The Morgan fingerprint density at radius 3 is 1.80 bits per heavy atom. The van der Waals surface area contributed by atoms with Gasteiger partial charge in [-0.3, -0.25) is 0 Å². The first-order valence-corrected chi connectivity index (χ1v) is 13.7. The minimum atomic E-state index is -0.615. The van der Waals surface area contributed by atoms with E-state index in [1.54, 1.807) is 18.2 Å². The molecule has 0 spiro atoms. The molecular formula is C39H23N3O2. The molecule has 0 radical (unpaired) electrons. The lowest BCUT2D eigenvalue weighted by Gasteiger charge is -2.09. The third-order valence-corrected chi connectivity index (χ3v) is 7.53. The first kappa shape index (κ1) is 16.5. The molecule has 6 aromatic carbocycles. The van der Waals surface area contributed by atoms with E-state index < -0.39 is 60.4 Å². The molecular weight excluding hydrogens is 542 g/mol. The summed E-state index contributed by atoms with van der Waals surface area (Å²) in [6.45, 7) is 0. The van der Waals surface area contributed by atoms with E-state index >= 15 is 0 Å². The molecule has 0 N–H and O–H groups in total.